The van der Waals surface area contributed by atoms with Crippen LogP contribution in [0.5, 0.6) is 5.75 Å². The van der Waals surface area contributed by atoms with Gasteiger partial charge in [0.2, 0.25) is 11.8 Å². The first-order chi connectivity index (χ1) is 11.2. The minimum absolute atomic E-state index is 0.0337. The Balaban J connectivity index is 2.14. The number of hydrogen-bond acceptors (Lipinski definition) is 4. The van der Waals surface area contributed by atoms with Gasteiger partial charge in [-0.2, -0.15) is 0 Å². The zero-order valence-corrected chi connectivity index (χ0v) is 14.2. The predicted molar refractivity (Wildman–Crippen MR) is 90.2 cm³/mol. The fraction of sp³-hybridized carbons (Fsp3) is 0.556. The number of phenols is 1. The molecule has 1 heterocycles. The fourth-order valence-corrected chi connectivity index (χ4v) is 4.87. The topological polar surface area (TPSA) is 110 Å². The van der Waals surface area contributed by atoms with Crippen molar-refractivity contribution in [2.24, 2.45) is 23.3 Å². The van der Waals surface area contributed by atoms with Crippen LogP contribution in [0.1, 0.15) is 30.9 Å². The average molecular weight is 331 g/mol. The highest BCUT2D eigenvalue weighted by Gasteiger charge is 2.54. The molecule has 5 N–H and O–H groups in total. The van der Waals surface area contributed by atoms with E-state index < -0.39 is 17.7 Å². The summed E-state index contributed by atoms with van der Waals surface area (Å²) in [6.07, 6.45) is 1.58. The molecule has 3 rings (SSSR count). The minimum Gasteiger partial charge on any atom is -0.508 e. The highest BCUT2D eigenvalue weighted by Crippen LogP contribution is 2.52. The predicted octanol–water partition coefficient (Wildman–Crippen LogP) is 0.503. The Morgan fingerprint density at radius 1 is 1.42 bits per heavy atom. The third-order valence-electron chi connectivity index (χ3n) is 6.06. The number of nitrogens with two attached hydrogens (primary N) is 2. The molecular formula is C18H25N3O3. The number of piperidine rings is 1. The molecule has 6 heteroatoms. The molecule has 2 amide bonds. The number of likely N-dealkylation sites (tertiary alicyclic amines) is 1. The Bertz CT molecular complexity index is 690. The second-order valence-corrected chi connectivity index (χ2v) is 7.47. The molecule has 0 radical (unpaired) electrons. The van der Waals surface area contributed by atoms with E-state index in [1.165, 1.54) is 5.56 Å². The number of primary amides is 2. The number of carbonyl (C=O) groups is 2. The van der Waals surface area contributed by atoms with Crippen LogP contribution in [0.4, 0.5) is 0 Å². The normalized spacial score (nSPS) is 30.4. The van der Waals surface area contributed by atoms with Crippen LogP contribution >= 0.6 is 0 Å². The molecule has 130 valence electrons. The second kappa shape index (κ2) is 5.77. The van der Waals surface area contributed by atoms with E-state index in [4.69, 9.17) is 11.5 Å². The van der Waals surface area contributed by atoms with Crippen molar-refractivity contribution in [1.82, 2.24) is 4.90 Å². The molecule has 1 unspecified atom stereocenters. The van der Waals surface area contributed by atoms with Crippen LogP contribution < -0.4 is 11.5 Å². The molecule has 4 atom stereocenters. The quantitative estimate of drug-likeness (QED) is 0.746. The third kappa shape index (κ3) is 2.55. The Morgan fingerprint density at radius 3 is 2.75 bits per heavy atom. The van der Waals surface area contributed by atoms with E-state index in [0.717, 1.165) is 24.9 Å². The molecular weight excluding hydrogens is 306 g/mol. The number of carbonyl (C=O) groups excluding carboxylic acids is 2. The first-order valence-electron chi connectivity index (χ1n) is 8.34. The van der Waals surface area contributed by atoms with Gasteiger partial charge in [-0.3, -0.25) is 9.59 Å². The highest BCUT2D eigenvalue weighted by atomic mass is 16.3. The Labute approximate surface area is 141 Å². The number of fused-ring (bicyclic) bond motifs is 4. The summed E-state index contributed by atoms with van der Waals surface area (Å²) in [7, 11) is 2.05. The standard InChI is InChI=1S/C18H25N3O3/c1-18-5-6-21(2)14(7-10-3-4-11(22)8-13(10)18)16(18)12(17(20)24)9-15(19)23/h3-4,8,12,14,16,22H,5-7,9H2,1-2H3,(H2,19,23)(H2,20,24)/t12?,14-,16-,18-/m1/s1. The summed E-state index contributed by atoms with van der Waals surface area (Å²) in [5, 5.41) is 9.96. The summed E-state index contributed by atoms with van der Waals surface area (Å²) in [6.45, 7) is 3.01. The van der Waals surface area contributed by atoms with E-state index >= 15 is 0 Å². The van der Waals surface area contributed by atoms with Crippen molar-refractivity contribution in [3.8, 4) is 5.75 Å². The summed E-state index contributed by atoms with van der Waals surface area (Å²) >= 11 is 0. The van der Waals surface area contributed by atoms with Crippen molar-refractivity contribution < 1.29 is 14.7 Å². The molecule has 24 heavy (non-hydrogen) atoms. The molecule has 1 saturated heterocycles. The smallest absolute Gasteiger partial charge is 0.221 e. The van der Waals surface area contributed by atoms with Crippen LogP contribution in [0.15, 0.2) is 18.2 Å². The van der Waals surface area contributed by atoms with Gasteiger partial charge in [0.25, 0.3) is 0 Å². The van der Waals surface area contributed by atoms with Crippen molar-refractivity contribution in [2.45, 2.75) is 37.6 Å². The Kier molecular flexibility index (Phi) is 4.03. The van der Waals surface area contributed by atoms with Gasteiger partial charge in [-0.1, -0.05) is 13.0 Å². The number of amides is 2. The van der Waals surface area contributed by atoms with Crippen molar-refractivity contribution in [3.63, 3.8) is 0 Å². The summed E-state index contributed by atoms with van der Waals surface area (Å²) in [4.78, 5) is 25.9. The van der Waals surface area contributed by atoms with Gasteiger partial charge in [-0.05, 0) is 61.0 Å². The van der Waals surface area contributed by atoms with E-state index in [1.54, 1.807) is 12.1 Å². The Hall–Kier alpha value is -2.08. The van der Waals surface area contributed by atoms with Crippen molar-refractivity contribution in [3.05, 3.63) is 29.3 Å². The van der Waals surface area contributed by atoms with E-state index in [0.29, 0.717) is 0 Å². The zero-order valence-electron chi connectivity index (χ0n) is 14.2. The number of nitrogens with zero attached hydrogens (tertiary/aromatic N) is 1. The largest absolute Gasteiger partial charge is 0.508 e. The lowest BCUT2D eigenvalue weighted by Crippen LogP contribution is -2.61. The number of hydrogen-bond donors (Lipinski definition) is 3. The molecule has 1 aromatic carbocycles. The van der Waals surface area contributed by atoms with E-state index in [-0.39, 0.29) is 29.5 Å². The van der Waals surface area contributed by atoms with Crippen molar-refractivity contribution in [2.75, 3.05) is 13.6 Å². The first-order valence-corrected chi connectivity index (χ1v) is 8.34. The van der Waals surface area contributed by atoms with Gasteiger partial charge in [-0.15, -0.1) is 0 Å². The van der Waals surface area contributed by atoms with Crippen LogP contribution in [0, 0.1) is 11.8 Å². The highest BCUT2D eigenvalue weighted by molar-refractivity contribution is 5.84. The van der Waals surface area contributed by atoms with Crippen molar-refractivity contribution in [1.29, 1.82) is 0 Å². The van der Waals surface area contributed by atoms with Gasteiger partial charge in [0, 0.05) is 12.5 Å². The van der Waals surface area contributed by atoms with E-state index in [9.17, 15) is 14.7 Å². The maximum Gasteiger partial charge on any atom is 0.221 e. The molecule has 0 spiro atoms. The van der Waals surface area contributed by atoms with Gasteiger partial charge >= 0.3 is 0 Å². The summed E-state index contributed by atoms with van der Waals surface area (Å²) in [5.74, 6) is -1.47. The lowest BCUT2D eigenvalue weighted by atomic mass is 9.54. The van der Waals surface area contributed by atoms with Gasteiger partial charge < -0.3 is 21.5 Å². The van der Waals surface area contributed by atoms with Gasteiger partial charge in [0.1, 0.15) is 5.75 Å². The van der Waals surface area contributed by atoms with Crippen LogP contribution in [0.25, 0.3) is 0 Å². The van der Waals surface area contributed by atoms with Crippen molar-refractivity contribution >= 4 is 11.8 Å². The molecule has 2 aliphatic rings. The van der Waals surface area contributed by atoms with Gasteiger partial charge in [0.05, 0.1) is 5.92 Å². The monoisotopic (exact) mass is 331 g/mol. The second-order valence-electron chi connectivity index (χ2n) is 7.47. The molecule has 6 nitrogen and oxygen atoms in total. The van der Waals surface area contributed by atoms with E-state index in [1.807, 2.05) is 13.1 Å². The summed E-state index contributed by atoms with van der Waals surface area (Å²) in [6, 6.07) is 5.58. The molecule has 1 aliphatic heterocycles. The van der Waals surface area contributed by atoms with Gasteiger partial charge in [0.15, 0.2) is 0 Å². The summed E-state index contributed by atoms with van der Waals surface area (Å²) < 4.78 is 0. The number of aromatic hydroxyl groups is 1. The van der Waals surface area contributed by atoms with Crippen LogP contribution in [-0.4, -0.2) is 41.5 Å². The molecule has 1 aromatic rings. The minimum atomic E-state index is -0.601. The maximum atomic E-state index is 12.1. The zero-order chi connectivity index (χ0) is 17.6. The van der Waals surface area contributed by atoms with Gasteiger partial charge in [-0.25, -0.2) is 0 Å². The van der Waals surface area contributed by atoms with Crippen LogP contribution in [-0.2, 0) is 21.4 Å². The molecule has 0 saturated carbocycles. The SMILES string of the molecule is CN1CC[C@]2(C)c3cc(O)ccc3C[C@@H]1[C@H]2C(CC(N)=O)C(N)=O. The number of benzene rings is 1. The lowest BCUT2D eigenvalue weighted by molar-refractivity contribution is -0.132. The average Bonchev–Trinajstić information content (AvgIpc) is 2.50. The number of likely N-dealkylation sites (N-methyl/N-ethyl adjacent to an activating group) is 1. The molecule has 0 aromatic heterocycles. The molecule has 1 fully saturated rings. The maximum absolute atomic E-state index is 12.1. The van der Waals surface area contributed by atoms with Crippen LogP contribution in [0.2, 0.25) is 0 Å². The first kappa shape index (κ1) is 16.8. The van der Waals surface area contributed by atoms with E-state index in [2.05, 4.69) is 11.8 Å². The third-order valence-corrected chi connectivity index (χ3v) is 6.06. The summed E-state index contributed by atoms with van der Waals surface area (Å²) in [5.41, 5.74) is 13.0. The molecule has 2 bridgehead atoms. The van der Waals surface area contributed by atoms with Crippen LogP contribution in [0.3, 0.4) is 0 Å². The fourth-order valence-electron chi connectivity index (χ4n) is 4.87. The molecule has 1 aliphatic carbocycles. The Morgan fingerprint density at radius 2 is 2.12 bits per heavy atom. The lowest BCUT2D eigenvalue weighted by Gasteiger charge is -2.56. The number of phenolic OH excluding ortho intramolecular Hbond substituents is 1. The number of rotatable bonds is 4.